The van der Waals surface area contributed by atoms with E-state index < -0.39 is 0 Å². The van der Waals surface area contributed by atoms with Crippen LogP contribution < -0.4 is 5.32 Å². The van der Waals surface area contributed by atoms with Gasteiger partial charge in [0.1, 0.15) is 0 Å². The monoisotopic (exact) mass is 306 g/mol. The Morgan fingerprint density at radius 3 is 2.89 bits per heavy atom. The molecule has 1 aromatic rings. The molecule has 0 aliphatic heterocycles. The molecule has 3 nitrogen and oxygen atoms in total. The van der Waals surface area contributed by atoms with Gasteiger partial charge in [-0.05, 0) is 31.0 Å². The number of amides is 1. The average molecular weight is 307 g/mol. The highest BCUT2D eigenvalue weighted by molar-refractivity contribution is 9.09. The van der Waals surface area contributed by atoms with Gasteiger partial charge in [-0.1, -0.05) is 34.8 Å². The number of hydrogen-bond donors (Lipinski definition) is 1. The van der Waals surface area contributed by atoms with Crippen molar-refractivity contribution in [3.8, 4) is 6.07 Å². The van der Waals surface area contributed by atoms with Crippen LogP contribution in [-0.4, -0.2) is 16.8 Å². The summed E-state index contributed by atoms with van der Waals surface area (Å²) in [5.41, 5.74) is 1.07. The molecule has 2 unspecified atom stereocenters. The summed E-state index contributed by atoms with van der Waals surface area (Å²) in [7, 11) is 0. The molecule has 1 fully saturated rings. The van der Waals surface area contributed by atoms with E-state index in [1.165, 1.54) is 6.42 Å². The quantitative estimate of drug-likeness (QED) is 0.854. The molecule has 0 heterocycles. The molecule has 1 saturated carbocycles. The summed E-state index contributed by atoms with van der Waals surface area (Å²) in [6, 6.07) is 9.04. The summed E-state index contributed by atoms with van der Waals surface area (Å²) >= 11 is 3.62. The average Bonchev–Trinajstić information content (AvgIpc) is 2.41. The lowest BCUT2D eigenvalue weighted by atomic mass is 9.95. The van der Waals surface area contributed by atoms with Crippen molar-refractivity contribution in [2.24, 2.45) is 0 Å². The van der Waals surface area contributed by atoms with Crippen LogP contribution in [0.1, 0.15) is 41.6 Å². The number of benzene rings is 1. The first-order valence-electron chi connectivity index (χ1n) is 6.16. The third kappa shape index (κ3) is 3.11. The van der Waals surface area contributed by atoms with Gasteiger partial charge in [0.05, 0.1) is 11.6 Å². The molecule has 0 saturated heterocycles. The van der Waals surface area contributed by atoms with E-state index in [0.29, 0.717) is 16.0 Å². The summed E-state index contributed by atoms with van der Waals surface area (Å²) in [5, 5.41) is 11.9. The van der Waals surface area contributed by atoms with Gasteiger partial charge in [0.15, 0.2) is 0 Å². The fourth-order valence-corrected chi connectivity index (χ4v) is 2.95. The second kappa shape index (κ2) is 6.01. The zero-order valence-corrected chi connectivity index (χ0v) is 11.6. The number of halogens is 1. The Bertz CT molecular complexity index is 481. The highest BCUT2D eigenvalue weighted by Crippen LogP contribution is 2.24. The second-order valence-corrected chi connectivity index (χ2v) is 5.75. The summed E-state index contributed by atoms with van der Waals surface area (Å²) in [4.78, 5) is 12.4. The Kier molecular flexibility index (Phi) is 4.38. The third-order valence-electron chi connectivity index (χ3n) is 3.25. The van der Waals surface area contributed by atoms with Crippen molar-refractivity contribution < 1.29 is 4.79 Å². The molecule has 0 spiro atoms. The van der Waals surface area contributed by atoms with Crippen LogP contribution in [0, 0.1) is 11.3 Å². The largest absolute Gasteiger partial charge is 0.348 e. The molecular weight excluding hydrogens is 292 g/mol. The first-order chi connectivity index (χ1) is 8.70. The lowest BCUT2D eigenvalue weighted by Crippen LogP contribution is -2.42. The Morgan fingerprint density at radius 1 is 1.39 bits per heavy atom. The number of carbonyl (C=O) groups is 1. The van der Waals surface area contributed by atoms with Gasteiger partial charge < -0.3 is 5.32 Å². The van der Waals surface area contributed by atoms with Crippen LogP contribution in [0.25, 0.3) is 0 Å². The Balaban J connectivity index is 2.05. The molecule has 1 aliphatic carbocycles. The van der Waals surface area contributed by atoms with Gasteiger partial charge in [0, 0.05) is 16.4 Å². The molecule has 1 aromatic carbocycles. The van der Waals surface area contributed by atoms with Gasteiger partial charge in [-0.2, -0.15) is 5.26 Å². The Morgan fingerprint density at radius 2 is 2.17 bits per heavy atom. The molecule has 2 atom stereocenters. The molecule has 1 N–H and O–H groups in total. The Labute approximate surface area is 115 Å². The predicted molar refractivity (Wildman–Crippen MR) is 73.6 cm³/mol. The number of hydrogen-bond acceptors (Lipinski definition) is 2. The number of alkyl halides is 1. The van der Waals surface area contributed by atoms with E-state index in [1.54, 1.807) is 24.3 Å². The van der Waals surface area contributed by atoms with Crippen molar-refractivity contribution in [2.45, 2.75) is 36.6 Å². The topological polar surface area (TPSA) is 52.9 Å². The molecule has 1 aliphatic rings. The lowest BCUT2D eigenvalue weighted by Gasteiger charge is -2.28. The molecule has 18 heavy (non-hydrogen) atoms. The normalized spacial score (nSPS) is 23.1. The summed E-state index contributed by atoms with van der Waals surface area (Å²) in [5.74, 6) is -0.0940. The molecule has 0 aromatic heterocycles. The third-order valence-corrected chi connectivity index (χ3v) is 4.35. The van der Waals surface area contributed by atoms with Crippen molar-refractivity contribution >= 4 is 21.8 Å². The van der Waals surface area contributed by atoms with Gasteiger partial charge in [0.2, 0.25) is 0 Å². The number of nitrogens with one attached hydrogen (secondary N) is 1. The van der Waals surface area contributed by atoms with Gasteiger partial charge in [-0.25, -0.2) is 0 Å². The van der Waals surface area contributed by atoms with E-state index in [0.717, 1.165) is 19.3 Å². The molecular formula is C14H15BrN2O. The number of carbonyl (C=O) groups excluding carboxylic acids is 1. The Hall–Kier alpha value is -1.34. The minimum absolute atomic E-state index is 0.0940. The maximum atomic E-state index is 12.1. The first kappa shape index (κ1) is 13.1. The zero-order valence-electron chi connectivity index (χ0n) is 10.0. The van der Waals surface area contributed by atoms with E-state index >= 15 is 0 Å². The molecule has 94 valence electrons. The van der Waals surface area contributed by atoms with Gasteiger partial charge >= 0.3 is 0 Å². The van der Waals surface area contributed by atoms with Crippen LogP contribution in [0.15, 0.2) is 24.3 Å². The van der Waals surface area contributed by atoms with E-state index in [4.69, 9.17) is 5.26 Å². The van der Waals surface area contributed by atoms with Gasteiger partial charge in [-0.3, -0.25) is 4.79 Å². The smallest absolute Gasteiger partial charge is 0.251 e. The standard InChI is InChI=1S/C14H15BrN2O/c15-12-6-1-2-7-13(12)17-14(18)11-5-3-4-10(8-11)9-16/h3-5,8,12-13H,1-2,6-7H2,(H,17,18). The van der Waals surface area contributed by atoms with Crippen LogP contribution in [0.5, 0.6) is 0 Å². The maximum absolute atomic E-state index is 12.1. The molecule has 2 rings (SSSR count). The van der Waals surface area contributed by atoms with Crippen LogP contribution in [-0.2, 0) is 0 Å². The zero-order chi connectivity index (χ0) is 13.0. The lowest BCUT2D eigenvalue weighted by molar-refractivity contribution is 0.0930. The van der Waals surface area contributed by atoms with Gasteiger partial charge in [-0.15, -0.1) is 0 Å². The van der Waals surface area contributed by atoms with E-state index in [-0.39, 0.29) is 11.9 Å². The predicted octanol–water partition coefficient (Wildman–Crippen LogP) is 2.99. The number of nitriles is 1. The van der Waals surface area contributed by atoms with E-state index in [9.17, 15) is 4.79 Å². The van der Waals surface area contributed by atoms with Crippen molar-refractivity contribution in [2.75, 3.05) is 0 Å². The SMILES string of the molecule is N#Cc1cccc(C(=O)NC2CCCCC2Br)c1. The maximum Gasteiger partial charge on any atom is 0.251 e. The van der Waals surface area contributed by atoms with Crippen molar-refractivity contribution in [1.29, 1.82) is 5.26 Å². The van der Waals surface area contributed by atoms with Crippen molar-refractivity contribution in [3.63, 3.8) is 0 Å². The van der Waals surface area contributed by atoms with Crippen LogP contribution in [0.2, 0.25) is 0 Å². The highest BCUT2D eigenvalue weighted by atomic mass is 79.9. The van der Waals surface area contributed by atoms with Gasteiger partial charge in [0.25, 0.3) is 5.91 Å². The molecule has 4 heteroatoms. The van der Waals surface area contributed by atoms with Crippen molar-refractivity contribution in [1.82, 2.24) is 5.32 Å². The van der Waals surface area contributed by atoms with Crippen LogP contribution >= 0.6 is 15.9 Å². The minimum Gasteiger partial charge on any atom is -0.348 e. The second-order valence-electron chi connectivity index (χ2n) is 4.57. The number of nitrogens with zero attached hydrogens (tertiary/aromatic N) is 1. The molecule has 1 amide bonds. The summed E-state index contributed by atoms with van der Waals surface area (Å²) in [6.07, 6.45) is 4.49. The fourth-order valence-electron chi connectivity index (χ4n) is 2.23. The fraction of sp³-hybridized carbons (Fsp3) is 0.429. The van der Waals surface area contributed by atoms with E-state index in [2.05, 4.69) is 21.2 Å². The van der Waals surface area contributed by atoms with Crippen molar-refractivity contribution in [3.05, 3.63) is 35.4 Å². The molecule has 0 radical (unpaired) electrons. The van der Waals surface area contributed by atoms with E-state index in [1.807, 2.05) is 6.07 Å². The van der Waals surface area contributed by atoms with Crippen LogP contribution in [0.3, 0.4) is 0 Å². The summed E-state index contributed by atoms with van der Waals surface area (Å²) < 4.78 is 0. The summed E-state index contributed by atoms with van der Waals surface area (Å²) in [6.45, 7) is 0. The molecule has 0 bridgehead atoms. The first-order valence-corrected chi connectivity index (χ1v) is 7.07. The minimum atomic E-state index is -0.0940. The highest BCUT2D eigenvalue weighted by Gasteiger charge is 2.24. The van der Waals surface area contributed by atoms with Crippen LogP contribution in [0.4, 0.5) is 0 Å². The number of rotatable bonds is 2.